The molecular weight excluding hydrogens is 567 g/mol. The third-order valence-corrected chi connectivity index (χ3v) is 11.8. The standard InChI is InChI=1S/C39H34O2P.ClH/c1-6-16-32(17-7-1)29-40-35-26-34(27-36(28-35)41-30-33-18-8-2-9-19-33)31-42(37-20-10-3-11-21-37,38-22-12-4-13-23-38)39-24-14-5-15-25-39;/h1-28H,29-31H2;1H/q+1;/p-1. The average Bonchev–Trinajstić information content (AvgIpc) is 3.07. The van der Waals surface area contributed by atoms with Crippen LogP contribution in [0.4, 0.5) is 0 Å². The number of ether oxygens (including phenoxy) is 2. The van der Waals surface area contributed by atoms with Gasteiger partial charge in [0, 0.05) is 6.07 Å². The van der Waals surface area contributed by atoms with Crippen LogP contribution < -0.4 is 37.8 Å². The summed E-state index contributed by atoms with van der Waals surface area (Å²) >= 11 is 0. The first-order valence-corrected chi connectivity index (χ1v) is 16.3. The summed E-state index contributed by atoms with van der Waals surface area (Å²) in [7, 11) is -2.08. The van der Waals surface area contributed by atoms with E-state index in [4.69, 9.17) is 9.47 Å². The SMILES string of the molecule is [Cl-].c1ccc(COc2cc(C[P+](c3ccccc3)(c3ccccc3)c3ccccc3)cc(OCc3ccccc3)c2)cc1. The van der Waals surface area contributed by atoms with Gasteiger partial charge in [0.25, 0.3) is 0 Å². The number of hydrogen-bond acceptors (Lipinski definition) is 2. The number of benzene rings is 6. The van der Waals surface area contributed by atoms with Crippen molar-refractivity contribution in [1.29, 1.82) is 0 Å². The highest BCUT2D eigenvalue weighted by Gasteiger charge is 2.45. The molecule has 0 aromatic heterocycles. The van der Waals surface area contributed by atoms with Crippen LogP contribution in [0.25, 0.3) is 0 Å². The molecule has 0 bridgehead atoms. The van der Waals surface area contributed by atoms with Crippen molar-refractivity contribution in [3.63, 3.8) is 0 Å². The Morgan fingerprint density at radius 3 is 1.05 bits per heavy atom. The van der Waals surface area contributed by atoms with Crippen molar-refractivity contribution in [3.05, 3.63) is 187 Å². The second-order valence-corrected chi connectivity index (χ2v) is 13.8. The zero-order chi connectivity index (χ0) is 28.5. The van der Waals surface area contributed by atoms with E-state index < -0.39 is 7.26 Å². The van der Waals surface area contributed by atoms with Crippen LogP contribution in [0.15, 0.2) is 170 Å². The normalized spacial score (nSPS) is 10.9. The lowest BCUT2D eigenvalue weighted by atomic mass is 10.2. The van der Waals surface area contributed by atoms with Gasteiger partial charge in [0.2, 0.25) is 0 Å². The number of rotatable bonds is 11. The van der Waals surface area contributed by atoms with Crippen LogP contribution in [0.2, 0.25) is 0 Å². The molecule has 0 saturated carbocycles. The van der Waals surface area contributed by atoms with Crippen molar-refractivity contribution in [2.45, 2.75) is 19.4 Å². The predicted molar refractivity (Wildman–Crippen MR) is 177 cm³/mol. The Morgan fingerprint density at radius 2 is 0.698 bits per heavy atom. The van der Waals surface area contributed by atoms with E-state index >= 15 is 0 Å². The zero-order valence-electron chi connectivity index (χ0n) is 23.9. The van der Waals surface area contributed by atoms with Gasteiger partial charge in [0.05, 0.1) is 6.16 Å². The van der Waals surface area contributed by atoms with Gasteiger partial charge in [-0.2, -0.15) is 0 Å². The summed E-state index contributed by atoms with van der Waals surface area (Å²) in [4.78, 5) is 0. The lowest BCUT2D eigenvalue weighted by Gasteiger charge is -2.28. The maximum absolute atomic E-state index is 6.39. The highest BCUT2D eigenvalue weighted by atomic mass is 35.5. The highest BCUT2D eigenvalue weighted by Crippen LogP contribution is 2.58. The van der Waals surface area contributed by atoms with E-state index in [9.17, 15) is 0 Å². The predicted octanol–water partition coefficient (Wildman–Crippen LogP) is 5.34. The Hall–Kier alpha value is -4.36. The molecule has 0 amide bonds. The first kappa shape index (κ1) is 30.1. The van der Waals surface area contributed by atoms with E-state index in [2.05, 4.69) is 127 Å². The smallest absolute Gasteiger partial charge is 0.123 e. The molecule has 0 unspecified atom stereocenters. The van der Waals surface area contributed by atoms with Gasteiger partial charge in [0.15, 0.2) is 0 Å². The molecule has 0 aliphatic rings. The summed E-state index contributed by atoms with van der Waals surface area (Å²) in [5, 5.41) is 4.05. The third-order valence-electron chi connectivity index (χ3n) is 7.45. The summed E-state index contributed by atoms with van der Waals surface area (Å²) in [6.07, 6.45) is 0.843. The Morgan fingerprint density at radius 1 is 0.372 bits per heavy atom. The lowest BCUT2D eigenvalue weighted by Crippen LogP contribution is -3.00. The van der Waals surface area contributed by atoms with Crippen LogP contribution in [-0.4, -0.2) is 0 Å². The maximum atomic E-state index is 6.39. The minimum absolute atomic E-state index is 0. The fraction of sp³-hybridized carbons (Fsp3) is 0.0769. The number of hydrogen-bond donors (Lipinski definition) is 0. The average molecular weight is 601 g/mol. The molecule has 0 N–H and O–H groups in total. The van der Waals surface area contributed by atoms with Gasteiger partial charge in [-0.15, -0.1) is 0 Å². The Balaban J connectivity index is 0.00000368. The summed E-state index contributed by atoms with van der Waals surface area (Å²) in [5.74, 6) is 1.62. The molecule has 6 aromatic carbocycles. The molecule has 0 aliphatic carbocycles. The summed E-state index contributed by atoms with van der Waals surface area (Å²) in [6.45, 7) is 0.998. The van der Waals surface area contributed by atoms with E-state index in [1.54, 1.807) is 0 Å². The van der Waals surface area contributed by atoms with Crippen molar-refractivity contribution < 1.29 is 21.9 Å². The molecule has 0 heterocycles. The van der Waals surface area contributed by atoms with Gasteiger partial charge in [0.1, 0.15) is 47.9 Å². The first-order chi connectivity index (χ1) is 20.8. The first-order valence-electron chi connectivity index (χ1n) is 14.3. The molecule has 6 rings (SSSR count). The molecule has 2 nitrogen and oxygen atoms in total. The quantitative estimate of drug-likeness (QED) is 0.187. The molecule has 43 heavy (non-hydrogen) atoms. The Kier molecular flexibility index (Phi) is 10.3. The van der Waals surface area contributed by atoms with Crippen LogP contribution in [0.1, 0.15) is 16.7 Å². The van der Waals surface area contributed by atoms with Crippen molar-refractivity contribution in [2.24, 2.45) is 0 Å². The molecule has 214 valence electrons. The molecule has 0 radical (unpaired) electrons. The van der Waals surface area contributed by atoms with E-state index in [0.717, 1.165) is 28.8 Å². The zero-order valence-corrected chi connectivity index (χ0v) is 25.6. The fourth-order valence-electron chi connectivity index (χ4n) is 5.41. The van der Waals surface area contributed by atoms with Gasteiger partial charge in [-0.3, -0.25) is 0 Å². The van der Waals surface area contributed by atoms with Gasteiger partial charge < -0.3 is 21.9 Å². The Bertz CT molecular complexity index is 1520. The third kappa shape index (κ3) is 7.35. The summed E-state index contributed by atoms with van der Waals surface area (Å²) in [6, 6.07) is 60.0. The summed E-state index contributed by atoms with van der Waals surface area (Å²) in [5.41, 5.74) is 3.46. The van der Waals surface area contributed by atoms with Gasteiger partial charge in [-0.05, 0) is 65.2 Å². The van der Waals surface area contributed by atoms with Crippen molar-refractivity contribution in [3.8, 4) is 11.5 Å². The van der Waals surface area contributed by atoms with Crippen molar-refractivity contribution in [1.82, 2.24) is 0 Å². The van der Waals surface area contributed by atoms with E-state index in [0.29, 0.717) is 13.2 Å². The Labute approximate surface area is 261 Å². The highest BCUT2D eigenvalue weighted by molar-refractivity contribution is 7.95. The summed E-state index contributed by atoms with van der Waals surface area (Å²) < 4.78 is 12.8. The molecule has 0 aliphatic heterocycles. The van der Waals surface area contributed by atoms with Gasteiger partial charge >= 0.3 is 0 Å². The van der Waals surface area contributed by atoms with E-state index in [-0.39, 0.29) is 12.4 Å². The second kappa shape index (κ2) is 14.7. The number of halogens is 1. The minimum Gasteiger partial charge on any atom is -1.00 e. The lowest BCUT2D eigenvalue weighted by molar-refractivity contribution is -0.00000899. The van der Waals surface area contributed by atoms with Crippen LogP contribution in [-0.2, 0) is 19.4 Å². The minimum atomic E-state index is -2.08. The molecule has 0 fully saturated rings. The topological polar surface area (TPSA) is 18.5 Å². The maximum Gasteiger partial charge on any atom is 0.123 e. The van der Waals surface area contributed by atoms with Crippen LogP contribution in [0, 0.1) is 0 Å². The molecular formula is C39H34ClO2P. The van der Waals surface area contributed by atoms with Gasteiger partial charge in [-0.1, -0.05) is 115 Å². The van der Waals surface area contributed by atoms with Crippen molar-refractivity contribution in [2.75, 3.05) is 0 Å². The monoisotopic (exact) mass is 600 g/mol. The van der Waals surface area contributed by atoms with Crippen LogP contribution in [0.5, 0.6) is 11.5 Å². The second-order valence-electron chi connectivity index (χ2n) is 10.3. The van der Waals surface area contributed by atoms with Crippen LogP contribution in [0.3, 0.4) is 0 Å². The molecule has 0 spiro atoms. The molecule has 0 atom stereocenters. The molecule has 6 aromatic rings. The fourth-order valence-corrected chi connectivity index (χ4v) is 9.63. The molecule has 0 saturated heterocycles. The van der Waals surface area contributed by atoms with E-state index in [1.165, 1.54) is 21.5 Å². The van der Waals surface area contributed by atoms with Crippen molar-refractivity contribution >= 4 is 23.2 Å². The van der Waals surface area contributed by atoms with Crippen LogP contribution >= 0.6 is 7.26 Å². The van der Waals surface area contributed by atoms with E-state index in [1.807, 2.05) is 42.5 Å². The largest absolute Gasteiger partial charge is 1.00 e. The van der Waals surface area contributed by atoms with Gasteiger partial charge in [-0.25, -0.2) is 0 Å². The molecule has 4 heteroatoms.